The van der Waals surface area contributed by atoms with Gasteiger partial charge in [0.1, 0.15) is 5.75 Å². The number of ether oxygens (including phenoxy) is 1. The standard InChI is InChI=1S/C22H30N4O2/c1-3-28-20-11-9-19(10-12-20)23-22(27)24-21(18-7-5-4-6-8-18)17-26-15-13-25(2)14-16-26/h4-12,21H,3,13-17H2,1-2H3,(H2,23,24,27). The van der Waals surface area contributed by atoms with Crippen LogP contribution in [0.1, 0.15) is 18.5 Å². The number of nitrogens with zero attached hydrogens (tertiary/aromatic N) is 2. The normalized spacial score (nSPS) is 16.4. The third-order valence-electron chi connectivity index (χ3n) is 4.97. The first-order chi connectivity index (χ1) is 13.6. The number of piperazine rings is 1. The number of benzene rings is 2. The molecule has 1 fully saturated rings. The summed E-state index contributed by atoms with van der Waals surface area (Å²) in [4.78, 5) is 17.4. The van der Waals surface area contributed by atoms with E-state index in [0.29, 0.717) is 6.61 Å². The van der Waals surface area contributed by atoms with E-state index in [-0.39, 0.29) is 12.1 Å². The van der Waals surface area contributed by atoms with Gasteiger partial charge in [-0.15, -0.1) is 0 Å². The van der Waals surface area contributed by atoms with Gasteiger partial charge in [0, 0.05) is 38.4 Å². The topological polar surface area (TPSA) is 56.8 Å². The molecule has 0 radical (unpaired) electrons. The number of hydrogen-bond donors (Lipinski definition) is 2. The van der Waals surface area contributed by atoms with E-state index < -0.39 is 0 Å². The summed E-state index contributed by atoms with van der Waals surface area (Å²) in [5, 5.41) is 6.07. The summed E-state index contributed by atoms with van der Waals surface area (Å²) in [5.41, 5.74) is 1.86. The van der Waals surface area contributed by atoms with Gasteiger partial charge in [0.05, 0.1) is 12.6 Å². The summed E-state index contributed by atoms with van der Waals surface area (Å²) in [6.07, 6.45) is 0. The van der Waals surface area contributed by atoms with Gasteiger partial charge in [-0.2, -0.15) is 0 Å². The predicted octanol–water partition coefficient (Wildman–Crippen LogP) is 3.20. The molecule has 3 rings (SSSR count). The number of carbonyl (C=O) groups excluding carboxylic acids is 1. The molecule has 6 heteroatoms. The smallest absolute Gasteiger partial charge is 0.319 e. The second-order valence-corrected chi connectivity index (χ2v) is 7.12. The second kappa shape index (κ2) is 10.1. The largest absolute Gasteiger partial charge is 0.494 e. The molecule has 1 aliphatic rings. The van der Waals surface area contributed by atoms with Crippen molar-refractivity contribution >= 4 is 11.7 Å². The van der Waals surface area contributed by atoms with E-state index in [1.54, 1.807) is 0 Å². The molecule has 2 aromatic carbocycles. The molecule has 0 aromatic heterocycles. The summed E-state index contributed by atoms with van der Waals surface area (Å²) in [6, 6.07) is 17.3. The van der Waals surface area contributed by atoms with Crippen LogP contribution >= 0.6 is 0 Å². The van der Waals surface area contributed by atoms with Crippen LogP contribution in [0, 0.1) is 0 Å². The van der Waals surface area contributed by atoms with Gasteiger partial charge in [-0.1, -0.05) is 30.3 Å². The van der Waals surface area contributed by atoms with Crippen molar-refractivity contribution in [3.8, 4) is 5.75 Å². The van der Waals surface area contributed by atoms with Crippen molar-refractivity contribution in [3.63, 3.8) is 0 Å². The number of likely N-dealkylation sites (N-methyl/N-ethyl adjacent to an activating group) is 1. The highest BCUT2D eigenvalue weighted by molar-refractivity contribution is 5.89. The quantitative estimate of drug-likeness (QED) is 0.772. The first-order valence-corrected chi connectivity index (χ1v) is 9.90. The summed E-state index contributed by atoms with van der Waals surface area (Å²) in [7, 11) is 2.15. The Bertz CT molecular complexity index is 728. The fraction of sp³-hybridized carbons (Fsp3) is 0.409. The molecule has 1 heterocycles. The molecule has 2 N–H and O–H groups in total. The minimum atomic E-state index is -0.202. The van der Waals surface area contributed by atoms with Crippen molar-refractivity contribution in [3.05, 3.63) is 60.2 Å². The average molecular weight is 383 g/mol. The second-order valence-electron chi connectivity index (χ2n) is 7.12. The van der Waals surface area contributed by atoms with Crippen LogP contribution in [-0.2, 0) is 0 Å². The number of hydrogen-bond acceptors (Lipinski definition) is 4. The Kier molecular flexibility index (Phi) is 7.28. The Morgan fingerprint density at radius 2 is 1.71 bits per heavy atom. The lowest BCUT2D eigenvalue weighted by molar-refractivity contribution is 0.143. The highest BCUT2D eigenvalue weighted by Crippen LogP contribution is 2.18. The number of carbonyl (C=O) groups is 1. The number of urea groups is 1. The summed E-state index contributed by atoms with van der Waals surface area (Å²) in [5.74, 6) is 0.797. The van der Waals surface area contributed by atoms with Gasteiger partial charge >= 0.3 is 6.03 Å². The third kappa shape index (κ3) is 5.97. The molecule has 0 aliphatic carbocycles. The molecule has 6 nitrogen and oxygen atoms in total. The van der Waals surface area contributed by atoms with Crippen LogP contribution in [0.5, 0.6) is 5.75 Å². The van der Waals surface area contributed by atoms with E-state index in [2.05, 4.69) is 39.6 Å². The van der Waals surface area contributed by atoms with Gasteiger partial charge in [0.25, 0.3) is 0 Å². The molecule has 1 atom stereocenters. The SMILES string of the molecule is CCOc1ccc(NC(=O)NC(CN2CCN(C)CC2)c2ccccc2)cc1. The van der Waals surface area contributed by atoms with Gasteiger partial charge in [-0.25, -0.2) is 4.79 Å². The first-order valence-electron chi connectivity index (χ1n) is 9.90. The molecule has 2 aromatic rings. The molecule has 2 amide bonds. The summed E-state index contributed by atoms with van der Waals surface area (Å²) in [6.45, 7) is 7.51. The fourth-order valence-electron chi connectivity index (χ4n) is 3.33. The molecule has 0 spiro atoms. The zero-order valence-corrected chi connectivity index (χ0v) is 16.7. The fourth-order valence-corrected chi connectivity index (χ4v) is 3.33. The minimum absolute atomic E-state index is 0.0627. The molecular weight excluding hydrogens is 352 g/mol. The van der Waals surface area contributed by atoms with E-state index in [1.807, 2.05) is 49.4 Å². The number of rotatable bonds is 7. The van der Waals surface area contributed by atoms with Crippen LogP contribution in [0.3, 0.4) is 0 Å². The summed E-state index contributed by atoms with van der Waals surface area (Å²) >= 11 is 0. The highest BCUT2D eigenvalue weighted by atomic mass is 16.5. The molecule has 150 valence electrons. The predicted molar refractivity (Wildman–Crippen MR) is 113 cm³/mol. The Morgan fingerprint density at radius 3 is 2.36 bits per heavy atom. The highest BCUT2D eigenvalue weighted by Gasteiger charge is 2.21. The average Bonchev–Trinajstić information content (AvgIpc) is 2.71. The van der Waals surface area contributed by atoms with Crippen LogP contribution in [-0.4, -0.2) is 62.2 Å². The molecule has 1 unspecified atom stereocenters. The van der Waals surface area contributed by atoms with E-state index in [1.165, 1.54) is 0 Å². The molecular formula is C22H30N4O2. The lowest BCUT2D eigenvalue weighted by Crippen LogP contribution is -2.48. The van der Waals surface area contributed by atoms with E-state index in [4.69, 9.17) is 4.74 Å². The lowest BCUT2D eigenvalue weighted by atomic mass is 10.1. The van der Waals surface area contributed by atoms with E-state index in [9.17, 15) is 4.79 Å². The van der Waals surface area contributed by atoms with Crippen molar-refractivity contribution in [2.75, 3.05) is 51.7 Å². The van der Waals surface area contributed by atoms with Crippen molar-refractivity contribution < 1.29 is 9.53 Å². The van der Waals surface area contributed by atoms with Gasteiger partial charge in [-0.3, -0.25) is 4.90 Å². The monoisotopic (exact) mass is 382 g/mol. The molecule has 0 bridgehead atoms. The maximum absolute atomic E-state index is 12.6. The van der Waals surface area contributed by atoms with Crippen molar-refractivity contribution in [1.29, 1.82) is 0 Å². The van der Waals surface area contributed by atoms with Crippen LogP contribution in [0.15, 0.2) is 54.6 Å². The lowest BCUT2D eigenvalue weighted by Gasteiger charge is -2.35. The first kappa shape index (κ1) is 20.2. The Morgan fingerprint density at radius 1 is 1.04 bits per heavy atom. The summed E-state index contributed by atoms with van der Waals surface area (Å²) < 4.78 is 5.44. The molecule has 1 saturated heterocycles. The zero-order chi connectivity index (χ0) is 19.8. The van der Waals surface area contributed by atoms with Crippen molar-refractivity contribution in [1.82, 2.24) is 15.1 Å². The maximum atomic E-state index is 12.6. The minimum Gasteiger partial charge on any atom is -0.494 e. The zero-order valence-electron chi connectivity index (χ0n) is 16.7. The third-order valence-corrected chi connectivity index (χ3v) is 4.97. The van der Waals surface area contributed by atoms with E-state index >= 15 is 0 Å². The Balaban J connectivity index is 1.62. The van der Waals surface area contributed by atoms with E-state index in [0.717, 1.165) is 49.7 Å². The Hall–Kier alpha value is -2.57. The number of anilines is 1. The van der Waals surface area contributed by atoms with Gasteiger partial charge < -0.3 is 20.3 Å². The maximum Gasteiger partial charge on any atom is 0.319 e. The van der Waals surface area contributed by atoms with Crippen molar-refractivity contribution in [2.24, 2.45) is 0 Å². The van der Waals surface area contributed by atoms with Gasteiger partial charge in [0.15, 0.2) is 0 Å². The van der Waals surface area contributed by atoms with Crippen molar-refractivity contribution in [2.45, 2.75) is 13.0 Å². The number of nitrogens with one attached hydrogen (secondary N) is 2. The van der Waals surface area contributed by atoms with Crippen LogP contribution < -0.4 is 15.4 Å². The molecule has 0 saturated carbocycles. The Labute approximate surface area is 167 Å². The molecule has 28 heavy (non-hydrogen) atoms. The van der Waals surface area contributed by atoms with Gasteiger partial charge in [-0.05, 0) is 43.8 Å². The van der Waals surface area contributed by atoms with Crippen LogP contribution in [0.2, 0.25) is 0 Å². The number of amides is 2. The molecule has 1 aliphatic heterocycles. The van der Waals surface area contributed by atoms with Gasteiger partial charge in [0.2, 0.25) is 0 Å². The van der Waals surface area contributed by atoms with Crippen LogP contribution in [0.4, 0.5) is 10.5 Å². The van der Waals surface area contributed by atoms with Crippen LogP contribution in [0.25, 0.3) is 0 Å².